The van der Waals surface area contributed by atoms with Crippen molar-refractivity contribution in [2.24, 2.45) is 0 Å². The molecule has 0 aliphatic carbocycles. The fourth-order valence-electron chi connectivity index (χ4n) is 10.2. The van der Waals surface area contributed by atoms with Crippen LogP contribution in [0.1, 0.15) is 354 Å². The van der Waals surface area contributed by atoms with Crippen LogP contribution in [0.3, 0.4) is 0 Å². The second-order valence-corrected chi connectivity index (χ2v) is 22.8. The second-order valence-electron chi connectivity index (χ2n) is 22.8. The zero-order chi connectivity index (χ0) is 54.3. The number of rotatable bonds is 62. The Balaban J connectivity index is 3.39. The van der Waals surface area contributed by atoms with Gasteiger partial charge in [0.05, 0.1) is 25.4 Å². The molecule has 0 radical (unpaired) electrons. The summed E-state index contributed by atoms with van der Waals surface area (Å²) < 4.78 is 5.49. The molecular formula is C69H129NO5. The van der Waals surface area contributed by atoms with Gasteiger partial charge in [-0.3, -0.25) is 9.59 Å². The first-order valence-electron chi connectivity index (χ1n) is 33.4. The Morgan fingerprint density at radius 1 is 0.373 bits per heavy atom. The molecule has 2 atom stereocenters. The number of amides is 1. The number of unbranched alkanes of at least 4 members (excludes halogenated alkanes) is 43. The highest BCUT2D eigenvalue weighted by atomic mass is 16.5. The van der Waals surface area contributed by atoms with E-state index < -0.39 is 12.1 Å². The van der Waals surface area contributed by atoms with Crippen molar-refractivity contribution in [3.63, 3.8) is 0 Å². The van der Waals surface area contributed by atoms with Crippen LogP contribution in [0.4, 0.5) is 0 Å². The molecule has 0 spiro atoms. The zero-order valence-corrected chi connectivity index (χ0v) is 50.3. The van der Waals surface area contributed by atoms with Gasteiger partial charge in [0.2, 0.25) is 5.91 Å². The van der Waals surface area contributed by atoms with Crippen LogP contribution in [-0.2, 0) is 14.3 Å². The van der Waals surface area contributed by atoms with Crippen LogP contribution in [0.2, 0.25) is 0 Å². The van der Waals surface area contributed by atoms with E-state index in [0.717, 1.165) is 57.8 Å². The van der Waals surface area contributed by atoms with E-state index in [1.807, 2.05) is 0 Å². The Hall–Kier alpha value is -2.18. The average Bonchev–Trinajstić information content (AvgIpc) is 3.41. The highest BCUT2D eigenvalue weighted by molar-refractivity contribution is 5.76. The Bertz CT molecular complexity index is 1260. The van der Waals surface area contributed by atoms with Crippen molar-refractivity contribution < 1.29 is 24.5 Å². The lowest BCUT2D eigenvalue weighted by atomic mass is 10.0. The Morgan fingerprint density at radius 2 is 0.667 bits per heavy atom. The summed E-state index contributed by atoms with van der Waals surface area (Å²) in [6.07, 6.45) is 82.9. The van der Waals surface area contributed by atoms with Gasteiger partial charge in [-0.2, -0.15) is 0 Å². The first kappa shape index (κ1) is 72.8. The van der Waals surface area contributed by atoms with E-state index >= 15 is 0 Å². The minimum Gasteiger partial charge on any atom is -0.466 e. The number of aliphatic hydroxyl groups is 2. The van der Waals surface area contributed by atoms with E-state index in [1.54, 1.807) is 0 Å². The van der Waals surface area contributed by atoms with Gasteiger partial charge in [-0.15, -0.1) is 0 Å². The molecule has 440 valence electrons. The summed E-state index contributed by atoms with van der Waals surface area (Å²) in [5, 5.41) is 23.2. The minimum absolute atomic E-state index is 0.00414. The molecule has 0 bridgehead atoms. The SMILES string of the molecule is CCCCC/C=C\C/C=C\CCCCCCCCCC(=O)OCCCCCCCCCCC/C=C\C/C=C\CCCCCCCCCCCCCCCC(=O)NC(CO)C(O)CCCCCCCCCCCCCC. The van der Waals surface area contributed by atoms with Crippen LogP contribution < -0.4 is 5.32 Å². The molecule has 75 heavy (non-hydrogen) atoms. The fourth-order valence-corrected chi connectivity index (χ4v) is 10.2. The van der Waals surface area contributed by atoms with E-state index in [0.29, 0.717) is 25.9 Å². The molecule has 0 aromatic carbocycles. The lowest BCUT2D eigenvalue weighted by Gasteiger charge is -2.22. The van der Waals surface area contributed by atoms with E-state index in [2.05, 4.69) is 67.8 Å². The fraction of sp³-hybridized carbons (Fsp3) is 0.855. The largest absolute Gasteiger partial charge is 0.466 e. The molecule has 0 aromatic rings. The number of allylic oxidation sites excluding steroid dienone is 8. The molecule has 0 heterocycles. The van der Waals surface area contributed by atoms with Gasteiger partial charge in [-0.25, -0.2) is 0 Å². The molecule has 0 saturated heterocycles. The number of hydrogen-bond donors (Lipinski definition) is 3. The highest BCUT2D eigenvalue weighted by Gasteiger charge is 2.20. The summed E-state index contributed by atoms with van der Waals surface area (Å²) in [6, 6.07) is -0.542. The first-order valence-corrected chi connectivity index (χ1v) is 33.4. The third kappa shape index (κ3) is 60.9. The number of carbonyl (C=O) groups is 2. The summed E-state index contributed by atoms with van der Waals surface area (Å²) in [5.41, 5.74) is 0. The molecule has 0 aliphatic heterocycles. The average molecular weight is 1050 g/mol. The molecule has 1 amide bonds. The van der Waals surface area contributed by atoms with Crippen molar-refractivity contribution in [1.82, 2.24) is 5.32 Å². The van der Waals surface area contributed by atoms with Crippen LogP contribution in [0.5, 0.6) is 0 Å². The lowest BCUT2D eigenvalue weighted by molar-refractivity contribution is -0.143. The maximum absolute atomic E-state index is 12.5. The molecule has 3 N–H and O–H groups in total. The quantitative estimate of drug-likeness (QED) is 0.0320. The number of hydrogen-bond acceptors (Lipinski definition) is 5. The van der Waals surface area contributed by atoms with Crippen LogP contribution in [-0.4, -0.2) is 47.4 Å². The number of aliphatic hydroxyl groups excluding tert-OH is 2. The number of esters is 1. The smallest absolute Gasteiger partial charge is 0.305 e. The molecule has 0 saturated carbocycles. The van der Waals surface area contributed by atoms with Crippen molar-refractivity contribution in [3.8, 4) is 0 Å². The maximum Gasteiger partial charge on any atom is 0.305 e. The van der Waals surface area contributed by atoms with E-state index in [4.69, 9.17) is 4.74 Å². The summed E-state index contributed by atoms with van der Waals surface area (Å²) in [7, 11) is 0. The van der Waals surface area contributed by atoms with Crippen molar-refractivity contribution in [2.75, 3.05) is 13.2 Å². The Kier molecular flexibility index (Phi) is 62.5. The second kappa shape index (κ2) is 64.3. The van der Waals surface area contributed by atoms with Gasteiger partial charge in [0.1, 0.15) is 0 Å². The van der Waals surface area contributed by atoms with Crippen LogP contribution in [0.25, 0.3) is 0 Å². The van der Waals surface area contributed by atoms with Gasteiger partial charge < -0.3 is 20.3 Å². The molecular weight excluding hydrogens is 923 g/mol. The van der Waals surface area contributed by atoms with Gasteiger partial charge >= 0.3 is 5.97 Å². The third-order valence-electron chi connectivity index (χ3n) is 15.4. The summed E-state index contributed by atoms with van der Waals surface area (Å²) in [6.45, 7) is 4.93. The van der Waals surface area contributed by atoms with Crippen molar-refractivity contribution in [3.05, 3.63) is 48.6 Å². The van der Waals surface area contributed by atoms with Gasteiger partial charge in [-0.05, 0) is 89.9 Å². The molecule has 0 aromatic heterocycles. The maximum atomic E-state index is 12.5. The van der Waals surface area contributed by atoms with Gasteiger partial charge in [-0.1, -0.05) is 300 Å². The van der Waals surface area contributed by atoms with Gasteiger partial charge in [0.25, 0.3) is 0 Å². The van der Waals surface area contributed by atoms with Crippen LogP contribution in [0.15, 0.2) is 48.6 Å². The Labute approximate surface area is 467 Å². The minimum atomic E-state index is -0.664. The van der Waals surface area contributed by atoms with Gasteiger partial charge in [0.15, 0.2) is 0 Å². The molecule has 6 nitrogen and oxygen atoms in total. The monoisotopic (exact) mass is 1050 g/mol. The highest BCUT2D eigenvalue weighted by Crippen LogP contribution is 2.17. The molecule has 2 unspecified atom stereocenters. The predicted molar refractivity (Wildman–Crippen MR) is 329 cm³/mol. The van der Waals surface area contributed by atoms with E-state index in [-0.39, 0.29) is 18.5 Å². The molecule has 0 fully saturated rings. The third-order valence-corrected chi connectivity index (χ3v) is 15.4. The lowest BCUT2D eigenvalue weighted by Crippen LogP contribution is -2.45. The van der Waals surface area contributed by atoms with Crippen molar-refractivity contribution in [2.45, 2.75) is 366 Å². The number of carbonyl (C=O) groups excluding carboxylic acids is 2. The number of ether oxygens (including phenoxy) is 1. The van der Waals surface area contributed by atoms with E-state index in [9.17, 15) is 19.8 Å². The van der Waals surface area contributed by atoms with Crippen molar-refractivity contribution in [1.29, 1.82) is 0 Å². The topological polar surface area (TPSA) is 95.9 Å². The molecule has 0 aliphatic rings. The van der Waals surface area contributed by atoms with Crippen LogP contribution >= 0.6 is 0 Å². The summed E-state index contributed by atoms with van der Waals surface area (Å²) >= 11 is 0. The Morgan fingerprint density at radius 3 is 1.04 bits per heavy atom. The standard InChI is InChI=1S/C69H129NO5/c1-3-5-7-9-11-13-15-17-18-32-36-39-43-47-51-55-59-63-69(74)75-64-60-56-52-48-44-40-37-34-31-29-27-25-23-21-19-20-22-24-26-28-30-33-35-38-42-46-50-54-58-62-68(73)70-66(65-71)67(72)61-57-53-49-45-41-16-14-12-10-8-6-4-2/h11,13,17-19,21,25,27,66-67,71-72H,3-10,12,14-16,20,22-24,26,28-65H2,1-2H3,(H,70,73)/b13-11-,18-17-,21-19-,27-25-. The molecule has 0 rings (SSSR count). The normalized spacial score (nSPS) is 12.9. The van der Waals surface area contributed by atoms with Gasteiger partial charge in [0, 0.05) is 12.8 Å². The van der Waals surface area contributed by atoms with Crippen molar-refractivity contribution >= 4 is 11.9 Å². The zero-order valence-electron chi connectivity index (χ0n) is 50.3. The summed E-state index contributed by atoms with van der Waals surface area (Å²) in [5.74, 6) is -0.0317. The predicted octanol–water partition coefficient (Wildman–Crippen LogP) is 21.3. The summed E-state index contributed by atoms with van der Waals surface area (Å²) in [4.78, 5) is 24.5. The van der Waals surface area contributed by atoms with E-state index in [1.165, 1.54) is 263 Å². The first-order chi connectivity index (χ1) is 37.0. The molecule has 6 heteroatoms. The number of nitrogens with one attached hydrogen (secondary N) is 1. The van der Waals surface area contributed by atoms with Crippen LogP contribution in [0, 0.1) is 0 Å².